The highest BCUT2D eigenvalue weighted by Gasteiger charge is 2.17. The molecule has 2 nitrogen and oxygen atoms in total. The van der Waals surface area contributed by atoms with Gasteiger partial charge in [0.15, 0.2) is 0 Å². The zero-order valence-corrected chi connectivity index (χ0v) is 10.1. The normalized spacial score (nSPS) is 11.7. The van der Waals surface area contributed by atoms with Gasteiger partial charge in [0, 0.05) is 0 Å². The standard InChI is InChI=1S/C13H21NO/c1-13(2,3)11-9-10(7-8-14-4)5-6-12(11)15/h5-6,9,14-15H,7-8H2,1-4H3. The summed E-state index contributed by atoms with van der Waals surface area (Å²) in [6.07, 6.45) is 1.000. The average Bonchev–Trinajstić information content (AvgIpc) is 2.15. The zero-order valence-electron chi connectivity index (χ0n) is 10.1. The van der Waals surface area contributed by atoms with E-state index in [1.54, 1.807) is 6.07 Å². The number of hydrogen-bond acceptors (Lipinski definition) is 2. The molecule has 0 aliphatic carbocycles. The lowest BCUT2D eigenvalue weighted by atomic mass is 9.85. The van der Waals surface area contributed by atoms with E-state index in [4.69, 9.17) is 0 Å². The largest absolute Gasteiger partial charge is 0.508 e. The van der Waals surface area contributed by atoms with Gasteiger partial charge in [0.1, 0.15) is 5.75 Å². The predicted molar refractivity (Wildman–Crippen MR) is 64.4 cm³/mol. The van der Waals surface area contributed by atoms with E-state index in [9.17, 15) is 5.11 Å². The van der Waals surface area contributed by atoms with Crippen molar-refractivity contribution in [1.82, 2.24) is 5.32 Å². The van der Waals surface area contributed by atoms with Gasteiger partial charge in [-0.05, 0) is 42.6 Å². The highest BCUT2D eigenvalue weighted by atomic mass is 16.3. The number of hydrogen-bond donors (Lipinski definition) is 2. The van der Waals surface area contributed by atoms with Crippen LogP contribution >= 0.6 is 0 Å². The molecule has 1 aromatic rings. The first-order valence-corrected chi connectivity index (χ1v) is 5.42. The van der Waals surface area contributed by atoms with Crippen molar-refractivity contribution in [2.24, 2.45) is 0 Å². The van der Waals surface area contributed by atoms with Crippen molar-refractivity contribution in [3.8, 4) is 5.75 Å². The van der Waals surface area contributed by atoms with Gasteiger partial charge in [-0.25, -0.2) is 0 Å². The van der Waals surface area contributed by atoms with Crippen LogP contribution in [-0.2, 0) is 11.8 Å². The topological polar surface area (TPSA) is 32.3 Å². The summed E-state index contributed by atoms with van der Waals surface area (Å²) in [4.78, 5) is 0. The summed E-state index contributed by atoms with van der Waals surface area (Å²) >= 11 is 0. The first-order chi connectivity index (χ1) is 6.95. The van der Waals surface area contributed by atoms with Crippen LogP contribution in [0.4, 0.5) is 0 Å². The van der Waals surface area contributed by atoms with E-state index in [2.05, 4.69) is 32.2 Å². The summed E-state index contributed by atoms with van der Waals surface area (Å²) in [5, 5.41) is 12.9. The molecule has 0 aliphatic rings. The molecule has 0 heterocycles. The Kier molecular flexibility index (Phi) is 3.75. The first-order valence-electron chi connectivity index (χ1n) is 5.42. The molecule has 0 spiro atoms. The monoisotopic (exact) mass is 207 g/mol. The van der Waals surface area contributed by atoms with Crippen molar-refractivity contribution >= 4 is 0 Å². The van der Waals surface area contributed by atoms with E-state index in [0.717, 1.165) is 18.5 Å². The number of likely N-dealkylation sites (N-methyl/N-ethyl adjacent to an activating group) is 1. The molecular weight excluding hydrogens is 186 g/mol. The van der Waals surface area contributed by atoms with Crippen LogP contribution in [0.3, 0.4) is 0 Å². The van der Waals surface area contributed by atoms with E-state index in [-0.39, 0.29) is 5.41 Å². The minimum absolute atomic E-state index is 0.000261. The maximum atomic E-state index is 9.78. The molecule has 2 N–H and O–H groups in total. The van der Waals surface area contributed by atoms with Gasteiger partial charge in [-0.15, -0.1) is 0 Å². The maximum absolute atomic E-state index is 9.78. The lowest BCUT2D eigenvalue weighted by Gasteiger charge is -2.21. The fourth-order valence-electron chi connectivity index (χ4n) is 1.61. The van der Waals surface area contributed by atoms with E-state index in [1.165, 1.54) is 5.56 Å². The number of rotatable bonds is 3. The fraction of sp³-hybridized carbons (Fsp3) is 0.538. The Bertz CT molecular complexity index is 326. The third-order valence-corrected chi connectivity index (χ3v) is 2.53. The number of aromatic hydroxyl groups is 1. The van der Waals surface area contributed by atoms with E-state index >= 15 is 0 Å². The SMILES string of the molecule is CNCCc1ccc(O)c(C(C)(C)C)c1. The quantitative estimate of drug-likeness (QED) is 0.798. The molecule has 1 rings (SSSR count). The summed E-state index contributed by atoms with van der Waals surface area (Å²) in [5.41, 5.74) is 2.29. The van der Waals surface area contributed by atoms with Crippen molar-refractivity contribution in [1.29, 1.82) is 0 Å². The first kappa shape index (κ1) is 12.1. The van der Waals surface area contributed by atoms with Gasteiger partial charge in [-0.3, -0.25) is 0 Å². The summed E-state index contributed by atoms with van der Waals surface area (Å²) in [6, 6.07) is 5.89. The maximum Gasteiger partial charge on any atom is 0.119 e. The second-order valence-electron chi connectivity index (χ2n) is 4.96. The molecule has 0 radical (unpaired) electrons. The van der Waals surface area contributed by atoms with Crippen molar-refractivity contribution in [2.75, 3.05) is 13.6 Å². The number of phenols is 1. The minimum Gasteiger partial charge on any atom is -0.508 e. The third kappa shape index (κ3) is 3.24. The van der Waals surface area contributed by atoms with E-state index in [1.807, 2.05) is 13.1 Å². The van der Waals surface area contributed by atoms with Crippen LogP contribution in [0.2, 0.25) is 0 Å². The van der Waals surface area contributed by atoms with Gasteiger partial charge in [-0.2, -0.15) is 0 Å². The molecule has 15 heavy (non-hydrogen) atoms. The molecule has 0 saturated carbocycles. The number of benzene rings is 1. The Hall–Kier alpha value is -1.02. The second-order valence-corrected chi connectivity index (χ2v) is 4.96. The number of nitrogens with one attached hydrogen (secondary N) is 1. The smallest absolute Gasteiger partial charge is 0.119 e. The fourth-order valence-corrected chi connectivity index (χ4v) is 1.61. The Morgan fingerprint density at radius 1 is 1.27 bits per heavy atom. The molecule has 0 bridgehead atoms. The molecular formula is C13H21NO. The van der Waals surface area contributed by atoms with Gasteiger partial charge in [0.25, 0.3) is 0 Å². The minimum atomic E-state index is -0.000261. The molecule has 0 saturated heterocycles. The molecule has 0 unspecified atom stereocenters. The molecule has 0 atom stereocenters. The Balaban J connectivity index is 2.95. The van der Waals surface area contributed by atoms with Crippen LogP contribution in [-0.4, -0.2) is 18.7 Å². The summed E-state index contributed by atoms with van der Waals surface area (Å²) < 4.78 is 0. The highest BCUT2D eigenvalue weighted by Crippen LogP contribution is 2.31. The van der Waals surface area contributed by atoms with Crippen LogP contribution in [0, 0.1) is 0 Å². The Morgan fingerprint density at radius 3 is 2.47 bits per heavy atom. The van der Waals surface area contributed by atoms with Crippen molar-refractivity contribution in [2.45, 2.75) is 32.6 Å². The van der Waals surface area contributed by atoms with Crippen LogP contribution in [0.1, 0.15) is 31.9 Å². The van der Waals surface area contributed by atoms with Gasteiger partial charge >= 0.3 is 0 Å². The molecule has 0 aliphatic heterocycles. The van der Waals surface area contributed by atoms with Crippen LogP contribution in [0.15, 0.2) is 18.2 Å². The van der Waals surface area contributed by atoms with Crippen molar-refractivity contribution in [3.05, 3.63) is 29.3 Å². The lowest BCUT2D eigenvalue weighted by molar-refractivity contribution is 0.446. The van der Waals surface area contributed by atoms with E-state index in [0.29, 0.717) is 5.75 Å². The third-order valence-electron chi connectivity index (χ3n) is 2.53. The molecule has 2 heteroatoms. The second kappa shape index (κ2) is 4.67. The van der Waals surface area contributed by atoms with Crippen molar-refractivity contribution in [3.63, 3.8) is 0 Å². The molecule has 1 aromatic carbocycles. The van der Waals surface area contributed by atoms with E-state index < -0.39 is 0 Å². The summed E-state index contributed by atoms with van der Waals surface area (Å²) in [7, 11) is 1.95. The van der Waals surface area contributed by atoms with Gasteiger partial charge in [-0.1, -0.05) is 32.9 Å². The molecule has 84 valence electrons. The predicted octanol–water partition coefficient (Wildman–Crippen LogP) is 2.45. The Labute approximate surface area is 92.3 Å². The van der Waals surface area contributed by atoms with Gasteiger partial charge in [0.2, 0.25) is 0 Å². The van der Waals surface area contributed by atoms with Crippen LogP contribution in [0.25, 0.3) is 0 Å². The highest BCUT2D eigenvalue weighted by molar-refractivity contribution is 5.40. The lowest BCUT2D eigenvalue weighted by Crippen LogP contribution is -2.14. The van der Waals surface area contributed by atoms with Crippen LogP contribution < -0.4 is 5.32 Å². The molecule has 0 aromatic heterocycles. The Morgan fingerprint density at radius 2 is 1.93 bits per heavy atom. The van der Waals surface area contributed by atoms with Gasteiger partial charge in [0.05, 0.1) is 0 Å². The van der Waals surface area contributed by atoms with Crippen molar-refractivity contribution < 1.29 is 5.11 Å². The molecule has 0 fully saturated rings. The molecule has 0 amide bonds. The zero-order chi connectivity index (χ0) is 11.5. The summed E-state index contributed by atoms with van der Waals surface area (Å²) in [5.74, 6) is 0.399. The van der Waals surface area contributed by atoms with Gasteiger partial charge < -0.3 is 10.4 Å². The average molecular weight is 207 g/mol. The number of phenolic OH excluding ortho intramolecular Hbond substituents is 1. The summed E-state index contributed by atoms with van der Waals surface area (Å²) in [6.45, 7) is 7.31. The van der Waals surface area contributed by atoms with Crippen LogP contribution in [0.5, 0.6) is 5.75 Å².